The smallest absolute Gasteiger partial charge is 0.224 e. The Hall–Kier alpha value is -2.49. The van der Waals surface area contributed by atoms with Crippen LogP contribution in [0.25, 0.3) is 0 Å². The van der Waals surface area contributed by atoms with E-state index in [0.717, 1.165) is 23.3 Å². The first-order chi connectivity index (χ1) is 10.2. The number of amides is 1. The van der Waals surface area contributed by atoms with E-state index in [1.54, 1.807) is 31.4 Å². The number of carbonyl (C=O) groups excluding carboxylic acids is 1. The predicted molar refractivity (Wildman–Crippen MR) is 81.5 cm³/mol. The van der Waals surface area contributed by atoms with Gasteiger partial charge in [0.25, 0.3) is 0 Å². The molecular weight excluding hydrogens is 266 g/mol. The van der Waals surface area contributed by atoms with E-state index in [0.29, 0.717) is 13.0 Å². The Morgan fingerprint density at radius 3 is 2.62 bits per heavy atom. The number of benzene rings is 2. The van der Waals surface area contributed by atoms with Crippen LogP contribution in [0.5, 0.6) is 11.5 Å². The van der Waals surface area contributed by atoms with Crippen LogP contribution in [0, 0.1) is 0 Å². The highest BCUT2D eigenvalue weighted by molar-refractivity contribution is 5.78. The van der Waals surface area contributed by atoms with Crippen molar-refractivity contribution in [1.82, 2.24) is 5.32 Å². The molecule has 2 rings (SSSR count). The van der Waals surface area contributed by atoms with Gasteiger partial charge in [-0.05, 0) is 41.8 Å². The summed E-state index contributed by atoms with van der Waals surface area (Å²) in [7, 11) is 1.64. The minimum absolute atomic E-state index is 0.0245. The summed E-state index contributed by atoms with van der Waals surface area (Å²) in [5.41, 5.74) is 2.01. The van der Waals surface area contributed by atoms with Gasteiger partial charge in [-0.15, -0.1) is 0 Å². The Bertz CT molecular complexity index is 593. The number of nitrogens with one attached hydrogen (secondary N) is 1. The van der Waals surface area contributed by atoms with Crippen molar-refractivity contribution in [3.63, 3.8) is 0 Å². The van der Waals surface area contributed by atoms with Gasteiger partial charge in [0.1, 0.15) is 11.5 Å². The second-order valence-corrected chi connectivity index (χ2v) is 4.79. The lowest BCUT2D eigenvalue weighted by Gasteiger charge is -2.07. The molecule has 0 radical (unpaired) electrons. The largest absolute Gasteiger partial charge is 0.508 e. The summed E-state index contributed by atoms with van der Waals surface area (Å²) >= 11 is 0. The van der Waals surface area contributed by atoms with Gasteiger partial charge in [0.05, 0.1) is 13.5 Å². The third-order valence-electron chi connectivity index (χ3n) is 3.17. The van der Waals surface area contributed by atoms with E-state index in [-0.39, 0.29) is 11.7 Å². The zero-order valence-electron chi connectivity index (χ0n) is 12.0. The molecule has 0 spiro atoms. The highest BCUT2D eigenvalue weighted by atomic mass is 16.5. The molecule has 0 aliphatic heterocycles. The first kappa shape index (κ1) is 14.9. The summed E-state index contributed by atoms with van der Waals surface area (Å²) in [6, 6.07) is 14.5. The molecule has 0 saturated heterocycles. The van der Waals surface area contributed by atoms with Gasteiger partial charge >= 0.3 is 0 Å². The Morgan fingerprint density at radius 2 is 1.90 bits per heavy atom. The van der Waals surface area contributed by atoms with Crippen molar-refractivity contribution in [1.29, 1.82) is 0 Å². The van der Waals surface area contributed by atoms with Gasteiger partial charge in [-0.25, -0.2) is 0 Å². The number of methoxy groups -OCH3 is 1. The number of phenols is 1. The van der Waals surface area contributed by atoms with Crippen LogP contribution in [0.1, 0.15) is 11.1 Å². The molecule has 0 unspecified atom stereocenters. The number of hydrogen-bond donors (Lipinski definition) is 2. The van der Waals surface area contributed by atoms with Crippen molar-refractivity contribution in [2.75, 3.05) is 13.7 Å². The van der Waals surface area contributed by atoms with Crippen LogP contribution < -0.4 is 10.1 Å². The Morgan fingerprint density at radius 1 is 1.14 bits per heavy atom. The standard InChI is InChI=1S/C17H19NO3/c1-21-16-4-2-3-13(11-16)9-10-18-17(20)12-14-5-7-15(19)8-6-14/h2-8,11,19H,9-10,12H2,1H3,(H,18,20). The lowest BCUT2D eigenvalue weighted by molar-refractivity contribution is -0.120. The Labute approximate surface area is 124 Å². The highest BCUT2D eigenvalue weighted by Crippen LogP contribution is 2.13. The third-order valence-corrected chi connectivity index (χ3v) is 3.17. The zero-order chi connectivity index (χ0) is 15.1. The molecule has 0 aliphatic rings. The van der Waals surface area contributed by atoms with Gasteiger partial charge in [0.2, 0.25) is 5.91 Å². The van der Waals surface area contributed by atoms with Gasteiger partial charge in [-0.3, -0.25) is 4.79 Å². The summed E-state index contributed by atoms with van der Waals surface area (Å²) in [4.78, 5) is 11.8. The third kappa shape index (κ3) is 4.84. The van der Waals surface area contributed by atoms with E-state index in [2.05, 4.69) is 5.32 Å². The SMILES string of the molecule is COc1cccc(CCNC(=O)Cc2ccc(O)cc2)c1. The molecule has 1 amide bonds. The molecule has 0 bridgehead atoms. The van der Waals surface area contributed by atoms with Crippen LogP contribution in [-0.2, 0) is 17.6 Å². The fraction of sp³-hybridized carbons (Fsp3) is 0.235. The average Bonchev–Trinajstić information content (AvgIpc) is 2.50. The maximum Gasteiger partial charge on any atom is 0.224 e. The van der Waals surface area contributed by atoms with E-state index >= 15 is 0 Å². The van der Waals surface area contributed by atoms with Crippen LogP contribution in [0.3, 0.4) is 0 Å². The average molecular weight is 285 g/mol. The van der Waals surface area contributed by atoms with Gasteiger partial charge < -0.3 is 15.2 Å². The minimum Gasteiger partial charge on any atom is -0.508 e. The number of carbonyl (C=O) groups is 1. The number of hydrogen-bond acceptors (Lipinski definition) is 3. The van der Waals surface area contributed by atoms with Crippen LogP contribution in [0.4, 0.5) is 0 Å². The molecule has 0 atom stereocenters. The molecule has 110 valence electrons. The Kier molecular flexibility index (Phi) is 5.21. The fourth-order valence-corrected chi connectivity index (χ4v) is 2.04. The topological polar surface area (TPSA) is 58.6 Å². The lowest BCUT2D eigenvalue weighted by atomic mass is 10.1. The molecule has 0 heterocycles. The summed E-state index contributed by atoms with van der Waals surface area (Å²) < 4.78 is 5.16. The van der Waals surface area contributed by atoms with Crippen molar-refractivity contribution in [2.45, 2.75) is 12.8 Å². The maximum absolute atomic E-state index is 11.8. The summed E-state index contributed by atoms with van der Waals surface area (Å²) in [5, 5.41) is 12.1. The maximum atomic E-state index is 11.8. The molecule has 2 N–H and O–H groups in total. The number of rotatable bonds is 6. The number of aromatic hydroxyl groups is 1. The first-order valence-corrected chi connectivity index (χ1v) is 6.85. The van der Waals surface area contributed by atoms with Crippen molar-refractivity contribution in [2.24, 2.45) is 0 Å². The zero-order valence-corrected chi connectivity index (χ0v) is 12.0. The van der Waals surface area contributed by atoms with Crippen LogP contribution in [-0.4, -0.2) is 24.7 Å². The molecule has 2 aromatic carbocycles. The molecule has 4 nitrogen and oxygen atoms in total. The molecule has 2 aromatic rings. The fourth-order valence-electron chi connectivity index (χ4n) is 2.04. The summed E-state index contributed by atoms with van der Waals surface area (Å²) in [5.74, 6) is 1.00. The monoisotopic (exact) mass is 285 g/mol. The molecule has 4 heteroatoms. The van der Waals surface area contributed by atoms with E-state index in [9.17, 15) is 9.90 Å². The van der Waals surface area contributed by atoms with E-state index < -0.39 is 0 Å². The van der Waals surface area contributed by atoms with Gasteiger partial charge in [0, 0.05) is 6.54 Å². The summed E-state index contributed by atoms with van der Waals surface area (Å²) in [6.45, 7) is 0.587. The molecule has 0 fully saturated rings. The first-order valence-electron chi connectivity index (χ1n) is 6.85. The number of ether oxygens (including phenoxy) is 1. The predicted octanol–water partition coefficient (Wildman–Crippen LogP) is 2.30. The van der Waals surface area contributed by atoms with E-state index in [1.807, 2.05) is 24.3 Å². The van der Waals surface area contributed by atoms with Crippen molar-refractivity contribution >= 4 is 5.91 Å². The van der Waals surface area contributed by atoms with Gasteiger partial charge in [-0.1, -0.05) is 24.3 Å². The highest BCUT2D eigenvalue weighted by Gasteiger charge is 2.03. The van der Waals surface area contributed by atoms with E-state index in [4.69, 9.17) is 4.74 Å². The van der Waals surface area contributed by atoms with Gasteiger partial charge in [-0.2, -0.15) is 0 Å². The Balaban J connectivity index is 1.77. The van der Waals surface area contributed by atoms with Crippen molar-refractivity contribution in [3.05, 3.63) is 59.7 Å². The quantitative estimate of drug-likeness (QED) is 0.856. The van der Waals surface area contributed by atoms with Crippen LogP contribution in [0.2, 0.25) is 0 Å². The molecule has 0 saturated carbocycles. The molecular formula is C17H19NO3. The van der Waals surface area contributed by atoms with Crippen LogP contribution >= 0.6 is 0 Å². The minimum atomic E-state index is -0.0245. The van der Waals surface area contributed by atoms with Crippen LogP contribution in [0.15, 0.2) is 48.5 Å². The normalized spacial score (nSPS) is 10.1. The number of phenolic OH excluding ortho intramolecular Hbond substituents is 1. The van der Waals surface area contributed by atoms with Crippen molar-refractivity contribution in [3.8, 4) is 11.5 Å². The molecule has 21 heavy (non-hydrogen) atoms. The van der Waals surface area contributed by atoms with Gasteiger partial charge in [0.15, 0.2) is 0 Å². The van der Waals surface area contributed by atoms with E-state index in [1.165, 1.54) is 0 Å². The lowest BCUT2D eigenvalue weighted by Crippen LogP contribution is -2.27. The summed E-state index contributed by atoms with van der Waals surface area (Å²) in [6.07, 6.45) is 1.08. The molecule has 0 aliphatic carbocycles. The molecule has 0 aromatic heterocycles. The van der Waals surface area contributed by atoms with Crippen molar-refractivity contribution < 1.29 is 14.6 Å². The second kappa shape index (κ2) is 7.33. The second-order valence-electron chi connectivity index (χ2n) is 4.79.